The van der Waals surface area contributed by atoms with Crippen LogP contribution < -0.4 is 5.73 Å². The summed E-state index contributed by atoms with van der Waals surface area (Å²) in [4.78, 5) is 0. The number of benzene rings is 1. The molecule has 0 radical (unpaired) electrons. The van der Waals surface area contributed by atoms with E-state index in [4.69, 9.17) is 17.3 Å². The van der Waals surface area contributed by atoms with Crippen LogP contribution in [0.25, 0.3) is 0 Å². The van der Waals surface area contributed by atoms with Gasteiger partial charge in [0, 0.05) is 10.6 Å². The first-order chi connectivity index (χ1) is 7.52. The molecule has 0 aromatic heterocycles. The van der Waals surface area contributed by atoms with Crippen LogP contribution in [0.2, 0.25) is 5.02 Å². The maximum atomic E-state index is 6.60. The third-order valence-electron chi connectivity index (χ3n) is 4.05. The number of hydrogen-bond acceptors (Lipinski definition) is 1. The summed E-state index contributed by atoms with van der Waals surface area (Å²) in [6, 6.07) is 8.04. The first-order valence-corrected chi connectivity index (χ1v) is 6.45. The second-order valence-corrected chi connectivity index (χ2v) is 5.77. The summed E-state index contributed by atoms with van der Waals surface area (Å²) in [7, 11) is 0. The lowest BCUT2D eigenvalue weighted by Gasteiger charge is -2.42. The van der Waals surface area contributed by atoms with Gasteiger partial charge in [-0.05, 0) is 48.8 Å². The minimum atomic E-state index is -0.183. The Bertz CT molecular complexity index is 377. The Hall–Kier alpha value is -0.530. The molecule has 1 aromatic carbocycles. The summed E-state index contributed by atoms with van der Waals surface area (Å²) in [5.74, 6) is 1.32. The van der Waals surface area contributed by atoms with Crippen molar-refractivity contribution >= 4 is 11.6 Å². The van der Waals surface area contributed by atoms with E-state index in [2.05, 4.69) is 19.9 Å². The molecule has 3 unspecified atom stereocenters. The highest BCUT2D eigenvalue weighted by Crippen LogP contribution is 2.42. The second kappa shape index (κ2) is 4.38. The molecule has 1 saturated carbocycles. The molecule has 1 nitrogen and oxygen atoms in total. The lowest BCUT2D eigenvalue weighted by Crippen LogP contribution is -2.46. The highest BCUT2D eigenvalue weighted by atomic mass is 35.5. The first kappa shape index (κ1) is 11.9. The minimum absolute atomic E-state index is 0.183. The summed E-state index contributed by atoms with van der Waals surface area (Å²) in [6.07, 6.45) is 3.49. The standard InChI is InChI=1S/C14H20ClN/c1-10-6-7-14(16,11(2)8-10)12-4-3-5-13(15)9-12/h3-5,9-11H,6-8,16H2,1-2H3. The predicted molar refractivity (Wildman–Crippen MR) is 69.5 cm³/mol. The molecular weight excluding hydrogens is 218 g/mol. The van der Waals surface area contributed by atoms with Crippen LogP contribution in [0.15, 0.2) is 24.3 Å². The van der Waals surface area contributed by atoms with Gasteiger partial charge in [-0.2, -0.15) is 0 Å². The van der Waals surface area contributed by atoms with Gasteiger partial charge in [0.25, 0.3) is 0 Å². The fourth-order valence-electron chi connectivity index (χ4n) is 2.87. The fraction of sp³-hybridized carbons (Fsp3) is 0.571. The Kier molecular flexibility index (Phi) is 3.27. The van der Waals surface area contributed by atoms with Gasteiger partial charge in [-0.25, -0.2) is 0 Å². The van der Waals surface area contributed by atoms with E-state index in [1.807, 2.05) is 18.2 Å². The van der Waals surface area contributed by atoms with Crippen molar-refractivity contribution < 1.29 is 0 Å². The van der Waals surface area contributed by atoms with Gasteiger partial charge in [0.15, 0.2) is 0 Å². The maximum absolute atomic E-state index is 6.60. The van der Waals surface area contributed by atoms with Crippen molar-refractivity contribution in [2.75, 3.05) is 0 Å². The van der Waals surface area contributed by atoms with Crippen molar-refractivity contribution in [2.45, 2.75) is 38.6 Å². The number of halogens is 1. The molecule has 0 heterocycles. The zero-order valence-electron chi connectivity index (χ0n) is 10.0. The monoisotopic (exact) mass is 237 g/mol. The lowest BCUT2D eigenvalue weighted by molar-refractivity contribution is 0.164. The maximum Gasteiger partial charge on any atom is 0.0436 e. The average Bonchev–Trinajstić information content (AvgIpc) is 2.24. The van der Waals surface area contributed by atoms with E-state index >= 15 is 0 Å². The van der Waals surface area contributed by atoms with Crippen LogP contribution in [-0.4, -0.2) is 0 Å². The Balaban J connectivity index is 2.31. The summed E-state index contributed by atoms with van der Waals surface area (Å²) >= 11 is 6.05. The highest BCUT2D eigenvalue weighted by molar-refractivity contribution is 6.30. The molecule has 16 heavy (non-hydrogen) atoms. The van der Waals surface area contributed by atoms with E-state index in [-0.39, 0.29) is 5.54 Å². The topological polar surface area (TPSA) is 26.0 Å². The SMILES string of the molecule is CC1CCC(N)(c2cccc(Cl)c2)C(C)C1. The van der Waals surface area contributed by atoms with E-state index in [0.29, 0.717) is 5.92 Å². The summed E-state index contributed by atoms with van der Waals surface area (Å²) in [5.41, 5.74) is 7.61. The quantitative estimate of drug-likeness (QED) is 0.787. The Labute approximate surface area is 103 Å². The lowest BCUT2D eigenvalue weighted by atomic mass is 9.67. The predicted octanol–water partition coefficient (Wildman–Crippen LogP) is 3.95. The van der Waals surface area contributed by atoms with E-state index in [0.717, 1.165) is 17.4 Å². The molecule has 0 amide bonds. The molecule has 2 rings (SSSR count). The number of nitrogens with two attached hydrogens (primary N) is 1. The van der Waals surface area contributed by atoms with Gasteiger partial charge in [-0.15, -0.1) is 0 Å². The van der Waals surface area contributed by atoms with Gasteiger partial charge in [0.2, 0.25) is 0 Å². The molecule has 1 fully saturated rings. The molecule has 0 aliphatic heterocycles. The van der Waals surface area contributed by atoms with Crippen LogP contribution in [0.3, 0.4) is 0 Å². The molecule has 1 aliphatic rings. The van der Waals surface area contributed by atoms with E-state index < -0.39 is 0 Å². The number of hydrogen-bond donors (Lipinski definition) is 1. The summed E-state index contributed by atoms with van der Waals surface area (Å²) in [5, 5.41) is 0.785. The normalized spacial score (nSPS) is 35.0. The minimum Gasteiger partial charge on any atom is -0.321 e. The molecule has 2 N–H and O–H groups in total. The van der Waals surface area contributed by atoms with Crippen molar-refractivity contribution in [3.63, 3.8) is 0 Å². The molecule has 0 spiro atoms. The van der Waals surface area contributed by atoms with Crippen molar-refractivity contribution in [3.8, 4) is 0 Å². The molecule has 1 aliphatic carbocycles. The third kappa shape index (κ3) is 2.11. The largest absolute Gasteiger partial charge is 0.321 e. The summed E-state index contributed by atoms with van der Waals surface area (Å²) < 4.78 is 0. The van der Waals surface area contributed by atoms with Crippen molar-refractivity contribution in [1.29, 1.82) is 0 Å². The van der Waals surface area contributed by atoms with Gasteiger partial charge < -0.3 is 5.73 Å². The molecule has 88 valence electrons. The van der Waals surface area contributed by atoms with Crippen LogP contribution in [0.5, 0.6) is 0 Å². The number of rotatable bonds is 1. The fourth-order valence-corrected chi connectivity index (χ4v) is 3.06. The van der Waals surface area contributed by atoms with Gasteiger partial charge in [-0.1, -0.05) is 37.6 Å². The van der Waals surface area contributed by atoms with Crippen LogP contribution in [0.1, 0.15) is 38.7 Å². The Morgan fingerprint density at radius 3 is 2.75 bits per heavy atom. The average molecular weight is 238 g/mol. The van der Waals surface area contributed by atoms with Crippen LogP contribution in [0, 0.1) is 11.8 Å². The molecule has 2 heteroatoms. The molecule has 0 bridgehead atoms. The molecule has 0 saturated heterocycles. The smallest absolute Gasteiger partial charge is 0.0436 e. The van der Waals surface area contributed by atoms with Gasteiger partial charge in [0.1, 0.15) is 0 Å². The first-order valence-electron chi connectivity index (χ1n) is 6.07. The molecular formula is C14H20ClN. The van der Waals surface area contributed by atoms with Crippen LogP contribution in [0.4, 0.5) is 0 Å². The zero-order valence-corrected chi connectivity index (χ0v) is 10.8. The Morgan fingerprint density at radius 1 is 1.38 bits per heavy atom. The summed E-state index contributed by atoms with van der Waals surface area (Å²) in [6.45, 7) is 4.57. The van der Waals surface area contributed by atoms with Gasteiger partial charge >= 0.3 is 0 Å². The highest BCUT2D eigenvalue weighted by Gasteiger charge is 2.38. The van der Waals surface area contributed by atoms with Crippen molar-refractivity contribution in [3.05, 3.63) is 34.9 Å². The van der Waals surface area contributed by atoms with Crippen molar-refractivity contribution in [2.24, 2.45) is 17.6 Å². The third-order valence-corrected chi connectivity index (χ3v) is 4.28. The molecule has 1 aromatic rings. The van der Waals surface area contributed by atoms with Crippen molar-refractivity contribution in [1.82, 2.24) is 0 Å². The van der Waals surface area contributed by atoms with Crippen LogP contribution in [-0.2, 0) is 5.54 Å². The van der Waals surface area contributed by atoms with E-state index in [9.17, 15) is 0 Å². The zero-order chi connectivity index (χ0) is 11.8. The second-order valence-electron chi connectivity index (χ2n) is 5.33. The van der Waals surface area contributed by atoms with E-state index in [1.54, 1.807) is 0 Å². The van der Waals surface area contributed by atoms with E-state index in [1.165, 1.54) is 18.4 Å². The van der Waals surface area contributed by atoms with Crippen LogP contribution >= 0.6 is 11.6 Å². The Morgan fingerprint density at radius 2 is 2.12 bits per heavy atom. The van der Waals surface area contributed by atoms with Gasteiger partial charge in [0.05, 0.1) is 0 Å². The van der Waals surface area contributed by atoms with Gasteiger partial charge in [-0.3, -0.25) is 0 Å². The molecule has 3 atom stereocenters.